The summed E-state index contributed by atoms with van der Waals surface area (Å²) in [6.45, 7) is 0.400. The quantitative estimate of drug-likeness (QED) is 0.327. The van der Waals surface area contributed by atoms with Crippen LogP contribution in [0.25, 0.3) is 10.1 Å². The molecule has 5 heterocycles. The normalized spacial score (nSPS) is 27.7. The zero-order valence-corrected chi connectivity index (χ0v) is 26.5. The van der Waals surface area contributed by atoms with Crippen LogP contribution in [0.1, 0.15) is 77.6 Å². The highest BCUT2D eigenvalue weighted by Crippen LogP contribution is 2.58. The van der Waals surface area contributed by atoms with Crippen molar-refractivity contribution >= 4 is 46.7 Å². The minimum Gasteiger partial charge on any atom is -0.340 e. The molecule has 46 heavy (non-hydrogen) atoms. The summed E-state index contributed by atoms with van der Waals surface area (Å²) in [6.07, 6.45) is 8.00. The summed E-state index contributed by atoms with van der Waals surface area (Å²) in [5.74, 6) is -3.88. The molecule has 0 unspecified atom stereocenters. The van der Waals surface area contributed by atoms with Gasteiger partial charge in [0, 0.05) is 35.6 Å². The number of carbonyl (C=O) groups excluding carboxylic acids is 3. The maximum absolute atomic E-state index is 14.3. The molecule has 0 bridgehead atoms. The van der Waals surface area contributed by atoms with Crippen LogP contribution in [0.2, 0.25) is 0 Å². The molecule has 3 saturated heterocycles. The van der Waals surface area contributed by atoms with Gasteiger partial charge < -0.3 is 24.9 Å². The van der Waals surface area contributed by atoms with Crippen molar-refractivity contribution in [3.63, 3.8) is 0 Å². The van der Waals surface area contributed by atoms with Gasteiger partial charge in [-0.05, 0) is 85.7 Å². The van der Waals surface area contributed by atoms with E-state index in [9.17, 15) is 38.4 Å². The van der Waals surface area contributed by atoms with E-state index in [-0.39, 0.29) is 40.1 Å². The van der Waals surface area contributed by atoms with Crippen LogP contribution >= 0.6 is 18.9 Å². The van der Waals surface area contributed by atoms with Crippen LogP contribution in [0.3, 0.4) is 0 Å². The molecule has 0 radical (unpaired) electrons. The van der Waals surface area contributed by atoms with Gasteiger partial charge in [-0.15, -0.1) is 11.3 Å². The van der Waals surface area contributed by atoms with Crippen molar-refractivity contribution in [2.24, 2.45) is 5.92 Å². The Balaban J connectivity index is 1.09. The molecule has 3 aromatic rings. The number of halogens is 1. The Labute approximate surface area is 268 Å². The van der Waals surface area contributed by atoms with E-state index in [1.165, 1.54) is 24.3 Å². The number of hydrogen-bond donors (Lipinski definition) is 3. The summed E-state index contributed by atoms with van der Waals surface area (Å²) >= 11 is 1.13. The van der Waals surface area contributed by atoms with Gasteiger partial charge in [0.1, 0.15) is 12.1 Å². The summed E-state index contributed by atoms with van der Waals surface area (Å²) in [4.78, 5) is 68.2. The van der Waals surface area contributed by atoms with Crippen molar-refractivity contribution in [2.75, 3.05) is 6.54 Å². The minimum absolute atomic E-state index is 0.104. The second-order valence-corrected chi connectivity index (χ2v) is 15.5. The van der Waals surface area contributed by atoms with Gasteiger partial charge in [0.05, 0.1) is 22.4 Å². The number of alkyl halides is 1. The van der Waals surface area contributed by atoms with Crippen molar-refractivity contribution in [3.8, 4) is 6.07 Å². The lowest BCUT2D eigenvalue weighted by molar-refractivity contribution is -0.147. The first-order chi connectivity index (χ1) is 22.0. The summed E-state index contributed by atoms with van der Waals surface area (Å²) in [5, 5.41) is 13.5. The number of aromatic nitrogens is 1. The Kier molecular flexibility index (Phi) is 7.75. The van der Waals surface area contributed by atoms with Crippen LogP contribution in [0.15, 0.2) is 48.8 Å². The number of hydrogen-bond acceptors (Lipinski definition) is 7. The van der Waals surface area contributed by atoms with Gasteiger partial charge in [-0.25, -0.2) is 4.39 Å². The third-order valence-electron chi connectivity index (χ3n) is 10.2. The van der Waals surface area contributed by atoms with Gasteiger partial charge in [-0.2, -0.15) is 5.26 Å². The third kappa shape index (κ3) is 5.21. The average molecular weight is 666 g/mol. The van der Waals surface area contributed by atoms with Gasteiger partial charge >= 0.3 is 7.60 Å². The fourth-order valence-corrected chi connectivity index (χ4v) is 9.31. The molecule has 14 heteroatoms. The summed E-state index contributed by atoms with van der Waals surface area (Å²) < 4.78 is 26.3. The average Bonchev–Trinajstić information content (AvgIpc) is 3.42. The first-order valence-electron chi connectivity index (χ1n) is 15.5. The fraction of sp³-hybridized carbons (Fsp3) is 0.469. The number of fused-ring (bicyclic) bond motifs is 2. The van der Waals surface area contributed by atoms with E-state index in [4.69, 9.17) is 0 Å². The van der Waals surface area contributed by atoms with E-state index >= 15 is 0 Å². The van der Waals surface area contributed by atoms with Gasteiger partial charge in [-0.1, -0.05) is 12.1 Å². The predicted molar refractivity (Wildman–Crippen MR) is 166 cm³/mol. The molecule has 240 valence electrons. The number of pyridine rings is 1. The van der Waals surface area contributed by atoms with Crippen LogP contribution in [0.4, 0.5) is 4.39 Å². The highest BCUT2D eigenvalue weighted by atomic mass is 32.1. The number of rotatable bonds is 6. The van der Waals surface area contributed by atoms with Crippen molar-refractivity contribution in [2.45, 2.75) is 80.4 Å². The Bertz CT molecular complexity index is 1800. The highest BCUT2D eigenvalue weighted by molar-refractivity contribution is 7.51. The standard InChI is InChI=1S/C32H33FN5O6PS/c33-28(45(42,43)44)18-6-9-26-20(13-18)14-27(46-26)29(39)36-24-5-1-4-21-7-8-25(38(21)30(24)40)31(41)37-17-22(19-3-2-12-35-16-19)23(15-34)32(37)10-11-32/h2-3,6,9,12-14,16,21-25,28H,1,4-5,7-8,10-11,17H2,(H,36,39)(H2,42,43,44)/t21-,22-,23-,24-,25-,28+/m0/s1. The number of likely N-dealkylation sites (tertiary alicyclic amines) is 1. The van der Waals surface area contributed by atoms with E-state index in [2.05, 4.69) is 16.4 Å². The summed E-state index contributed by atoms with van der Waals surface area (Å²) in [7, 11) is -4.99. The van der Waals surface area contributed by atoms with Crippen LogP contribution in [0.5, 0.6) is 0 Å². The van der Waals surface area contributed by atoms with E-state index < -0.39 is 37.0 Å². The lowest BCUT2D eigenvalue weighted by Gasteiger charge is -2.35. The van der Waals surface area contributed by atoms with Crippen molar-refractivity contribution < 1.29 is 33.1 Å². The molecule has 11 nitrogen and oxygen atoms in total. The fourth-order valence-electron chi connectivity index (χ4n) is 7.81. The molecular formula is C32H33FN5O6PS. The Morgan fingerprint density at radius 2 is 1.98 bits per heavy atom. The molecule has 1 aromatic carbocycles. The Hall–Kier alpha value is -3.69. The largest absolute Gasteiger partial charge is 0.363 e. The lowest BCUT2D eigenvalue weighted by atomic mass is 9.85. The monoisotopic (exact) mass is 665 g/mol. The molecule has 1 aliphatic carbocycles. The van der Waals surface area contributed by atoms with Crippen LogP contribution in [-0.2, 0) is 14.2 Å². The first kappa shape index (κ1) is 30.9. The van der Waals surface area contributed by atoms with E-state index in [1.807, 2.05) is 17.0 Å². The predicted octanol–water partition coefficient (Wildman–Crippen LogP) is 4.38. The van der Waals surface area contributed by atoms with Crippen LogP contribution in [0, 0.1) is 17.2 Å². The molecule has 1 spiro atoms. The molecule has 4 aliphatic rings. The second-order valence-electron chi connectivity index (χ2n) is 12.8. The molecule has 6 atom stereocenters. The van der Waals surface area contributed by atoms with E-state index in [0.29, 0.717) is 42.3 Å². The Morgan fingerprint density at radius 3 is 2.67 bits per heavy atom. The molecule has 3 amide bonds. The van der Waals surface area contributed by atoms with E-state index in [1.54, 1.807) is 17.3 Å². The van der Waals surface area contributed by atoms with Crippen molar-refractivity contribution in [1.29, 1.82) is 5.26 Å². The van der Waals surface area contributed by atoms with Crippen LogP contribution in [-0.4, -0.2) is 72.5 Å². The smallest absolute Gasteiger partial charge is 0.340 e. The maximum Gasteiger partial charge on any atom is 0.363 e. The summed E-state index contributed by atoms with van der Waals surface area (Å²) in [5.41, 5.74) is 0.220. The lowest BCUT2D eigenvalue weighted by Crippen LogP contribution is -2.56. The zero-order chi connectivity index (χ0) is 32.4. The number of nitrogens with one attached hydrogen (secondary N) is 1. The summed E-state index contributed by atoms with van der Waals surface area (Å²) in [6, 6.07) is 10.3. The molecule has 7 rings (SSSR count). The second kappa shape index (κ2) is 11.5. The third-order valence-corrected chi connectivity index (χ3v) is 12.2. The number of nitrogens with zero attached hydrogens (tertiary/aromatic N) is 4. The number of thiophene rings is 1. The molecule has 3 N–H and O–H groups in total. The maximum atomic E-state index is 14.3. The van der Waals surface area contributed by atoms with Crippen LogP contribution < -0.4 is 5.32 Å². The van der Waals surface area contributed by atoms with Crippen molar-refractivity contribution in [1.82, 2.24) is 20.1 Å². The molecule has 4 fully saturated rings. The number of benzene rings is 1. The molecular weight excluding hydrogens is 632 g/mol. The first-order valence-corrected chi connectivity index (χ1v) is 18.0. The topological polar surface area (TPSA) is 164 Å². The molecule has 2 aromatic heterocycles. The zero-order valence-electron chi connectivity index (χ0n) is 24.8. The number of amides is 3. The molecule has 1 saturated carbocycles. The van der Waals surface area contributed by atoms with Gasteiger partial charge in [-0.3, -0.25) is 23.9 Å². The minimum atomic E-state index is -4.99. The van der Waals surface area contributed by atoms with Gasteiger partial charge in [0.2, 0.25) is 17.7 Å². The number of carbonyl (C=O) groups is 3. The van der Waals surface area contributed by atoms with Gasteiger partial charge in [0.25, 0.3) is 5.91 Å². The van der Waals surface area contributed by atoms with Gasteiger partial charge in [0.15, 0.2) is 0 Å². The highest BCUT2D eigenvalue weighted by Gasteiger charge is 2.64. The SMILES string of the molecule is N#C[C@H]1[C@H](c2cccnc2)CN(C(=O)[C@@H]2CC[C@@H]3CCC[C@H](NC(=O)c4cc5cc([C@H](F)P(=O)(O)O)ccc5s4)C(=O)N32)C12CC2. The van der Waals surface area contributed by atoms with Crippen molar-refractivity contribution in [3.05, 3.63) is 64.8 Å². The Morgan fingerprint density at radius 1 is 1.17 bits per heavy atom. The van der Waals surface area contributed by atoms with E-state index in [0.717, 1.165) is 36.2 Å². The molecule has 3 aliphatic heterocycles. The number of nitriles is 1.